The molecule has 2 aromatic carbocycles. The standard InChI is InChI=1S/C24H26FN3OS/c25-21-10-8-20(9-11-21)24(22-7-4-16-30-22)26-23(29)18-28-14-12-27(13-15-28)17-19-5-2-1-3-6-19/h1-11,16,24H,12-15,17-18H2,(H,26,29)/p+2/t24-/m0/s1. The number of nitrogens with one attached hydrogen (secondary N) is 3. The number of hydrogen-bond donors (Lipinski definition) is 3. The molecule has 1 atom stereocenters. The first-order valence-corrected chi connectivity index (χ1v) is 11.3. The second-order valence-electron chi connectivity index (χ2n) is 7.91. The Morgan fingerprint density at radius 3 is 2.30 bits per heavy atom. The Morgan fingerprint density at radius 2 is 1.63 bits per heavy atom. The Morgan fingerprint density at radius 1 is 0.933 bits per heavy atom. The number of benzene rings is 2. The van der Waals surface area contributed by atoms with Gasteiger partial charge in [0, 0.05) is 10.4 Å². The smallest absolute Gasteiger partial charge is 0.275 e. The van der Waals surface area contributed by atoms with Gasteiger partial charge in [-0.3, -0.25) is 4.79 Å². The van der Waals surface area contributed by atoms with Crippen LogP contribution in [0.25, 0.3) is 0 Å². The molecular formula is C24H28FN3OS+2. The lowest BCUT2D eigenvalue weighted by molar-refractivity contribution is -1.02. The number of carbonyl (C=O) groups excluding carboxylic acids is 1. The first-order chi connectivity index (χ1) is 14.7. The van der Waals surface area contributed by atoms with Crippen LogP contribution in [0, 0.1) is 5.82 Å². The van der Waals surface area contributed by atoms with Gasteiger partial charge in [0.2, 0.25) is 0 Å². The van der Waals surface area contributed by atoms with Gasteiger partial charge in [-0.15, -0.1) is 11.3 Å². The van der Waals surface area contributed by atoms with Crippen molar-refractivity contribution < 1.29 is 19.0 Å². The number of halogens is 1. The zero-order valence-corrected chi connectivity index (χ0v) is 17.8. The summed E-state index contributed by atoms with van der Waals surface area (Å²) >= 11 is 1.60. The van der Waals surface area contributed by atoms with Crippen molar-refractivity contribution in [2.75, 3.05) is 32.7 Å². The van der Waals surface area contributed by atoms with Crippen molar-refractivity contribution in [2.24, 2.45) is 0 Å². The van der Waals surface area contributed by atoms with Crippen LogP contribution in [0.15, 0.2) is 72.1 Å². The van der Waals surface area contributed by atoms with Crippen LogP contribution in [0.1, 0.15) is 22.0 Å². The third-order valence-corrected chi connectivity index (χ3v) is 6.65. The Balaban J connectivity index is 1.31. The molecule has 0 radical (unpaired) electrons. The summed E-state index contributed by atoms with van der Waals surface area (Å²) in [6.07, 6.45) is 0. The highest BCUT2D eigenvalue weighted by Crippen LogP contribution is 2.26. The van der Waals surface area contributed by atoms with Crippen LogP contribution in [0.3, 0.4) is 0 Å². The van der Waals surface area contributed by atoms with Gasteiger partial charge in [0.05, 0.1) is 6.04 Å². The molecular weight excluding hydrogens is 397 g/mol. The molecule has 0 aliphatic carbocycles. The van der Waals surface area contributed by atoms with E-state index in [9.17, 15) is 9.18 Å². The van der Waals surface area contributed by atoms with Crippen LogP contribution in [-0.4, -0.2) is 38.6 Å². The molecule has 2 heterocycles. The van der Waals surface area contributed by atoms with E-state index in [1.54, 1.807) is 28.4 Å². The highest BCUT2D eigenvalue weighted by atomic mass is 32.1. The van der Waals surface area contributed by atoms with E-state index in [4.69, 9.17) is 0 Å². The second-order valence-corrected chi connectivity index (χ2v) is 8.89. The third-order valence-electron chi connectivity index (χ3n) is 5.71. The first kappa shape index (κ1) is 20.7. The molecule has 1 saturated heterocycles. The summed E-state index contributed by atoms with van der Waals surface area (Å²) in [5, 5.41) is 5.17. The van der Waals surface area contributed by atoms with Crippen LogP contribution in [-0.2, 0) is 11.3 Å². The predicted molar refractivity (Wildman–Crippen MR) is 117 cm³/mol. The van der Waals surface area contributed by atoms with Crippen LogP contribution in [0.4, 0.5) is 4.39 Å². The van der Waals surface area contributed by atoms with E-state index in [-0.39, 0.29) is 17.8 Å². The average molecular weight is 426 g/mol. The molecule has 4 nitrogen and oxygen atoms in total. The van der Waals surface area contributed by atoms with E-state index < -0.39 is 0 Å². The fourth-order valence-corrected chi connectivity index (χ4v) is 4.87. The van der Waals surface area contributed by atoms with E-state index in [1.807, 2.05) is 17.5 Å². The highest BCUT2D eigenvalue weighted by molar-refractivity contribution is 7.10. The second kappa shape index (κ2) is 9.98. The number of piperazine rings is 1. The first-order valence-electron chi connectivity index (χ1n) is 10.5. The van der Waals surface area contributed by atoms with E-state index in [0.717, 1.165) is 43.2 Å². The van der Waals surface area contributed by atoms with E-state index in [1.165, 1.54) is 22.6 Å². The van der Waals surface area contributed by atoms with Gasteiger partial charge >= 0.3 is 0 Å². The molecule has 1 fully saturated rings. The Labute approximate surface area is 180 Å². The molecule has 6 heteroatoms. The molecule has 0 unspecified atom stereocenters. The lowest BCUT2D eigenvalue weighted by Crippen LogP contribution is -3.28. The van der Waals surface area contributed by atoms with Crippen LogP contribution >= 0.6 is 11.3 Å². The average Bonchev–Trinajstić information content (AvgIpc) is 3.30. The Bertz CT molecular complexity index is 923. The maximum atomic E-state index is 13.3. The number of quaternary nitrogens is 2. The SMILES string of the molecule is O=C(C[NH+]1CC[NH+](Cc2ccccc2)CC1)N[C@@H](c1ccc(F)cc1)c1cccs1. The summed E-state index contributed by atoms with van der Waals surface area (Å²) in [4.78, 5) is 16.8. The minimum Gasteiger partial charge on any atom is -0.339 e. The number of thiophene rings is 1. The number of amides is 1. The normalized spacial score (nSPS) is 19.9. The summed E-state index contributed by atoms with van der Waals surface area (Å²) in [6, 6.07) is 20.7. The summed E-state index contributed by atoms with van der Waals surface area (Å²) in [7, 11) is 0. The van der Waals surface area contributed by atoms with Crippen molar-refractivity contribution >= 4 is 17.2 Å². The number of rotatable bonds is 7. The van der Waals surface area contributed by atoms with Crippen molar-refractivity contribution in [3.05, 3.63) is 93.9 Å². The minimum absolute atomic E-state index is 0.0410. The molecule has 156 valence electrons. The lowest BCUT2D eigenvalue weighted by Gasteiger charge is -2.29. The van der Waals surface area contributed by atoms with Gasteiger partial charge in [-0.05, 0) is 29.1 Å². The summed E-state index contributed by atoms with van der Waals surface area (Å²) in [5.74, 6) is -0.227. The fraction of sp³-hybridized carbons (Fsp3) is 0.292. The van der Waals surface area contributed by atoms with Crippen molar-refractivity contribution in [3.63, 3.8) is 0 Å². The van der Waals surface area contributed by atoms with Crippen LogP contribution < -0.4 is 15.1 Å². The maximum absolute atomic E-state index is 13.3. The number of hydrogen-bond acceptors (Lipinski definition) is 2. The highest BCUT2D eigenvalue weighted by Gasteiger charge is 2.26. The largest absolute Gasteiger partial charge is 0.339 e. The molecule has 0 bridgehead atoms. The molecule has 1 aliphatic heterocycles. The van der Waals surface area contributed by atoms with Crippen molar-refractivity contribution in [1.82, 2.24) is 5.32 Å². The monoisotopic (exact) mass is 425 g/mol. The predicted octanol–water partition coefficient (Wildman–Crippen LogP) is 1.08. The third kappa shape index (κ3) is 5.53. The quantitative estimate of drug-likeness (QED) is 0.521. The van der Waals surface area contributed by atoms with Gasteiger partial charge in [0.25, 0.3) is 5.91 Å². The molecule has 1 aromatic heterocycles. The van der Waals surface area contributed by atoms with Gasteiger partial charge in [-0.1, -0.05) is 48.5 Å². The van der Waals surface area contributed by atoms with Crippen molar-refractivity contribution in [2.45, 2.75) is 12.6 Å². The van der Waals surface area contributed by atoms with E-state index in [2.05, 4.69) is 35.6 Å². The molecule has 1 amide bonds. The number of carbonyl (C=O) groups is 1. The molecule has 0 spiro atoms. The molecule has 3 N–H and O–H groups in total. The summed E-state index contributed by atoms with van der Waals surface area (Å²) in [5.41, 5.74) is 2.27. The van der Waals surface area contributed by atoms with Gasteiger partial charge in [-0.2, -0.15) is 0 Å². The Hall–Kier alpha value is -2.54. The molecule has 3 aromatic rings. The van der Waals surface area contributed by atoms with Crippen molar-refractivity contribution in [3.8, 4) is 0 Å². The van der Waals surface area contributed by atoms with Crippen LogP contribution in [0.5, 0.6) is 0 Å². The van der Waals surface area contributed by atoms with Gasteiger partial charge in [0.1, 0.15) is 38.5 Å². The Kier molecular flexibility index (Phi) is 6.89. The van der Waals surface area contributed by atoms with E-state index in [0.29, 0.717) is 6.54 Å². The van der Waals surface area contributed by atoms with Gasteiger partial charge in [-0.25, -0.2) is 4.39 Å². The van der Waals surface area contributed by atoms with E-state index >= 15 is 0 Å². The summed E-state index contributed by atoms with van der Waals surface area (Å²) in [6.45, 7) is 5.66. The summed E-state index contributed by atoms with van der Waals surface area (Å²) < 4.78 is 13.3. The molecule has 4 rings (SSSR count). The fourth-order valence-electron chi connectivity index (χ4n) is 4.06. The molecule has 0 saturated carbocycles. The van der Waals surface area contributed by atoms with Crippen LogP contribution in [0.2, 0.25) is 0 Å². The minimum atomic E-state index is -0.268. The zero-order chi connectivity index (χ0) is 20.8. The zero-order valence-electron chi connectivity index (χ0n) is 16.9. The van der Waals surface area contributed by atoms with Crippen molar-refractivity contribution in [1.29, 1.82) is 0 Å². The van der Waals surface area contributed by atoms with Gasteiger partial charge in [0.15, 0.2) is 6.54 Å². The molecule has 1 aliphatic rings. The van der Waals surface area contributed by atoms with Gasteiger partial charge < -0.3 is 15.1 Å². The lowest BCUT2D eigenvalue weighted by atomic mass is 10.1. The maximum Gasteiger partial charge on any atom is 0.275 e. The topological polar surface area (TPSA) is 38.0 Å². The molecule has 30 heavy (non-hydrogen) atoms.